The lowest BCUT2D eigenvalue weighted by atomic mass is 9.99. The van der Waals surface area contributed by atoms with Crippen LogP contribution >= 0.6 is 0 Å². The molecular weight excluding hydrogens is 490 g/mol. The average molecular weight is 520 g/mol. The number of hydrogen-bond acceptors (Lipinski definition) is 5. The minimum atomic E-state index is -4.30. The van der Waals surface area contributed by atoms with Crippen molar-refractivity contribution in [3.05, 3.63) is 96.1 Å². The fraction of sp³-hybridized carbons (Fsp3) is 0.250. The second-order valence-corrected chi connectivity index (χ2v) is 10.8. The van der Waals surface area contributed by atoms with Crippen LogP contribution in [0.1, 0.15) is 40.5 Å². The van der Waals surface area contributed by atoms with E-state index in [-0.39, 0.29) is 34.2 Å². The minimum Gasteiger partial charge on any atom is -0.343 e. The van der Waals surface area contributed by atoms with Gasteiger partial charge in [-0.05, 0) is 67.3 Å². The van der Waals surface area contributed by atoms with Crippen LogP contribution in [0, 0.1) is 5.92 Å². The molecule has 0 radical (unpaired) electrons. The molecule has 8 nitrogen and oxygen atoms in total. The summed E-state index contributed by atoms with van der Waals surface area (Å²) in [6.45, 7) is 3.40. The number of rotatable bonds is 7. The van der Waals surface area contributed by atoms with Gasteiger partial charge in [0.2, 0.25) is 5.91 Å². The van der Waals surface area contributed by atoms with Gasteiger partial charge < -0.3 is 10.2 Å². The fourth-order valence-electron chi connectivity index (χ4n) is 4.14. The molecule has 9 heteroatoms. The Morgan fingerprint density at radius 1 is 0.838 bits per heavy atom. The average Bonchev–Trinajstić information content (AvgIpc) is 2.93. The lowest BCUT2D eigenvalue weighted by Gasteiger charge is -2.30. The first-order valence-electron chi connectivity index (χ1n) is 12.1. The number of carbonyl (C=O) groups is 3. The number of carbonyl (C=O) groups excluding carboxylic acids is 3. The van der Waals surface area contributed by atoms with E-state index in [2.05, 4.69) is 12.2 Å². The molecule has 1 N–H and O–H groups in total. The predicted octanol–water partition coefficient (Wildman–Crippen LogP) is 3.71. The Labute approximate surface area is 217 Å². The van der Waals surface area contributed by atoms with Gasteiger partial charge in [-0.3, -0.25) is 14.4 Å². The zero-order valence-corrected chi connectivity index (χ0v) is 21.4. The molecule has 1 saturated heterocycles. The van der Waals surface area contributed by atoms with Crippen LogP contribution in [0.15, 0.2) is 89.8 Å². The molecule has 1 fully saturated rings. The van der Waals surface area contributed by atoms with E-state index in [1.807, 2.05) is 0 Å². The number of para-hydroxylation sites is 1. The number of hydrogen-bond donors (Lipinski definition) is 1. The zero-order chi connectivity index (χ0) is 26.4. The first-order valence-corrected chi connectivity index (χ1v) is 13.6. The van der Waals surface area contributed by atoms with Crippen molar-refractivity contribution in [3.8, 4) is 0 Å². The minimum absolute atomic E-state index is 0.124. The summed E-state index contributed by atoms with van der Waals surface area (Å²) in [5.74, 6) is -0.728. The molecule has 3 aromatic rings. The Hall–Kier alpha value is -3.98. The van der Waals surface area contributed by atoms with Crippen LogP contribution in [-0.2, 0) is 14.8 Å². The smallest absolute Gasteiger partial charge is 0.272 e. The molecular formula is C28H29N3O5S. The molecule has 0 spiro atoms. The van der Waals surface area contributed by atoms with E-state index in [1.54, 1.807) is 65.6 Å². The third-order valence-electron chi connectivity index (χ3n) is 6.39. The van der Waals surface area contributed by atoms with Gasteiger partial charge in [-0.2, -0.15) is 4.31 Å². The maximum atomic E-state index is 13.6. The van der Waals surface area contributed by atoms with Crippen LogP contribution in [-0.4, -0.2) is 50.7 Å². The van der Waals surface area contributed by atoms with Crippen LogP contribution in [0.3, 0.4) is 0 Å². The molecule has 0 unspecified atom stereocenters. The van der Waals surface area contributed by atoms with E-state index >= 15 is 0 Å². The van der Waals surface area contributed by atoms with Crippen molar-refractivity contribution in [1.29, 1.82) is 0 Å². The Bertz CT molecular complexity index is 1350. The van der Waals surface area contributed by atoms with E-state index in [9.17, 15) is 22.8 Å². The molecule has 3 amide bonds. The second kappa shape index (κ2) is 11.4. The molecule has 1 aliphatic heterocycles. The lowest BCUT2D eigenvalue weighted by molar-refractivity contribution is -0.131. The number of sulfonamides is 1. The summed E-state index contributed by atoms with van der Waals surface area (Å²) in [6, 6.07) is 21.6. The van der Waals surface area contributed by atoms with E-state index in [4.69, 9.17) is 0 Å². The molecule has 192 valence electrons. The molecule has 1 heterocycles. The van der Waals surface area contributed by atoms with Crippen LogP contribution in [0.25, 0.3) is 0 Å². The maximum Gasteiger partial charge on any atom is 0.272 e. The van der Waals surface area contributed by atoms with E-state index in [1.165, 1.54) is 24.3 Å². The Balaban J connectivity index is 1.50. The van der Waals surface area contributed by atoms with Gasteiger partial charge in [-0.1, -0.05) is 43.3 Å². The van der Waals surface area contributed by atoms with E-state index < -0.39 is 21.8 Å². The number of amides is 3. The van der Waals surface area contributed by atoms with Gasteiger partial charge in [-0.15, -0.1) is 0 Å². The van der Waals surface area contributed by atoms with Crippen LogP contribution in [0.5, 0.6) is 0 Å². The van der Waals surface area contributed by atoms with Crippen molar-refractivity contribution < 1.29 is 22.8 Å². The van der Waals surface area contributed by atoms with Crippen molar-refractivity contribution in [2.24, 2.45) is 5.92 Å². The summed E-state index contributed by atoms with van der Waals surface area (Å²) in [5, 5.41) is 2.61. The monoisotopic (exact) mass is 519 g/mol. The molecule has 3 aromatic carbocycles. The third kappa shape index (κ3) is 6.06. The van der Waals surface area contributed by atoms with Gasteiger partial charge in [0.05, 0.1) is 17.1 Å². The highest BCUT2D eigenvalue weighted by molar-refractivity contribution is 7.93. The lowest BCUT2D eigenvalue weighted by Crippen LogP contribution is -2.43. The highest BCUT2D eigenvalue weighted by atomic mass is 32.2. The normalized spacial score (nSPS) is 14.1. The molecule has 0 saturated carbocycles. The summed E-state index contributed by atoms with van der Waals surface area (Å²) >= 11 is 0. The molecule has 0 atom stereocenters. The number of nitrogens with zero attached hydrogens (tertiary/aromatic N) is 2. The summed E-state index contributed by atoms with van der Waals surface area (Å²) in [7, 11) is -4.30. The largest absolute Gasteiger partial charge is 0.343 e. The van der Waals surface area contributed by atoms with Gasteiger partial charge in [0, 0.05) is 24.2 Å². The third-order valence-corrected chi connectivity index (χ3v) is 8.11. The highest BCUT2D eigenvalue weighted by Crippen LogP contribution is 2.26. The molecule has 1 aliphatic rings. The maximum absolute atomic E-state index is 13.6. The summed E-state index contributed by atoms with van der Waals surface area (Å²) in [4.78, 5) is 39.9. The summed E-state index contributed by atoms with van der Waals surface area (Å²) in [6.07, 6.45) is 1.89. The Kier molecular flexibility index (Phi) is 8.03. The summed E-state index contributed by atoms with van der Waals surface area (Å²) < 4.78 is 28.0. The molecule has 4 rings (SSSR count). The van der Waals surface area contributed by atoms with Crippen LogP contribution < -0.4 is 9.62 Å². The van der Waals surface area contributed by atoms with Crippen molar-refractivity contribution in [2.45, 2.75) is 24.7 Å². The van der Waals surface area contributed by atoms with Gasteiger partial charge in [0.25, 0.3) is 21.8 Å². The molecule has 0 bridgehead atoms. The SMILES string of the molecule is CC1CCN(C(=O)CNC(=O)c2ccc(S(=O)(=O)N(C(=O)c3ccccc3)c3ccccc3)cc2)CC1. The van der Waals surface area contributed by atoms with E-state index in [0.29, 0.717) is 19.0 Å². The first kappa shape index (κ1) is 26.1. The standard InChI is InChI=1S/C28H29N3O5S/c1-21-16-18-30(19-17-21)26(32)20-29-27(33)22-12-14-25(15-13-22)37(35,36)31(24-10-6-3-7-11-24)28(34)23-8-4-2-5-9-23/h2-15,21H,16-20H2,1H3,(H,29,33). The fourth-order valence-corrected chi connectivity index (χ4v) is 5.55. The number of nitrogens with one attached hydrogen (secondary N) is 1. The second-order valence-electron chi connectivity index (χ2n) is 9.05. The van der Waals surface area contributed by atoms with Crippen molar-refractivity contribution in [2.75, 3.05) is 23.9 Å². The van der Waals surface area contributed by atoms with Crippen molar-refractivity contribution >= 4 is 33.4 Å². The first-order chi connectivity index (χ1) is 17.8. The van der Waals surface area contributed by atoms with Crippen LogP contribution in [0.4, 0.5) is 5.69 Å². The Morgan fingerprint density at radius 3 is 2.00 bits per heavy atom. The number of anilines is 1. The van der Waals surface area contributed by atoms with Gasteiger partial charge in [-0.25, -0.2) is 8.42 Å². The quantitative estimate of drug-likeness (QED) is 0.513. The molecule has 0 aromatic heterocycles. The topological polar surface area (TPSA) is 104 Å². The Morgan fingerprint density at radius 2 is 1.41 bits per heavy atom. The van der Waals surface area contributed by atoms with Crippen LogP contribution in [0.2, 0.25) is 0 Å². The van der Waals surface area contributed by atoms with Gasteiger partial charge in [0.15, 0.2) is 0 Å². The number of likely N-dealkylation sites (tertiary alicyclic amines) is 1. The summed E-state index contributed by atoms with van der Waals surface area (Å²) in [5.41, 5.74) is 0.627. The molecule has 37 heavy (non-hydrogen) atoms. The van der Waals surface area contributed by atoms with Gasteiger partial charge in [0.1, 0.15) is 0 Å². The number of benzene rings is 3. The highest BCUT2D eigenvalue weighted by Gasteiger charge is 2.32. The van der Waals surface area contributed by atoms with Crippen molar-refractivity contribution in [1.82, 2.24) is 10.2 Å². The number of piperidine rings is 1. The van der Waals surface area contributed by atoms with E-state index in [0.717, 1.165) is 17.1 Å². The zero-order valence-electron chi connectivity index (χ0n) is 20.5. The molecule has 0 aliphatic carbocycles. The van der Waals surface area contributed by atoms with Crippen molar-refractivity contribution in [3.63, 3.8) is 0 Å². The van der Waals surface area contributed by atoms with Gasteiger partial charge >= 0.3 is 0 Å². The predicted molar refractivity (Wildman–Crippen MR) is 141 cm³/mol.